The Bertz CT molecular complexity index is 907. The maximum absolute atomic E-state index is 6.03. The molecule has 5 nitrogen and oxygen atoms in total. The van der Waals surface area contributed by atoms with Crippen LogP contribution in [0.5, 0.6) is 11.5 Å². The topological polar surface area (TPSA) is 38.1 Å². The fourth-order valence-electron chi connectivity index (χ4n) is 2.69. The molecule has 6 heteroatoms. The molecule has 144 valence electrons. The van der Waals surface area contributed by atoms with Crippen LogP contribution in [0.25, 0.3) is 21.9 Å². The summed E-state index contributed by atoms with van der Waals surface area (Å²) >= 11 is 5.74. The third-order valence-corrected chi connectivity index (χ3v) is 4.67. The molecule has 0 aliphatic heterocycles. The van der Waals surface area contributed by atoms with Gasteiger partial charge in [0, 0.05) is 23.9 Å². The van der Waals surface area contributed by atoms with Crippen LogP contribution in [0.15, 0.2) is 40.8 Å². The summed E-state index contributed by atoms with van der Waals surface area (Å²) in [5, 5.41) is 1.76. The van der Waals surface area contributed by atoms with Crippen LogP contribution in [-0.2, 0) is 0 Å². The number of fused-ring (bicyclic) bond motifs is 2. The van der Waals surface area contributed by atoms with Crippen molar-refractivity contribution in [2.45, 2.75) is 0 Å². The molecule has 2 aromatic carbocycles. The van der Waals surface area contributed by atoms with Crippen molar-refractivity contribution in [1.82, 2.24) is 9.80 Å². The van der Waals surface area contributed by atoms with Crippen molar-refractivity contribution in [2.75, 3.05) is 54.5 Å². The molecule has 0 saturated carbocycles. The molecule has 0 bridgehead atoms. The highest BCUT2D eigenvalue weighted by molar-refractivity contribution is 7.72. The molecular weight excluding hydrogens is 360 g/mol. The smallest absolute Gasteiger partial charge is 0.136 e. The number of nitrogens with zero attached hydrogens (tertiary/aromatic N) is 2. The lowest BCUT2D eigenvalue weighted by molar-refractivity contribution is 0.261. The molecule has 3 aromatic rings. The fourth-order valence-corrected chi connectivity index (χ4v) is 3.01. The van der Waals surface area contributed by atoms with Crippen LogP contribution in [0, 0.1) is 4.51 Å². The lowest BCUT2D eigenvalue weighted by Crippen LogP contribution is -2.19. The van der Waals surface area contributed by atoms with Gasteiger partial charge in [-0.15, -0.1) is 0 Å². The van der Waals surface area contributed by atoms with Gasteiger partial charge >= 0.3 is 0 Å². The number of ether oxygens (including phenoxy) is 2. The summed E-state index contributed by atoms with van der Waals surface area (Å²) in [7, 11) is 8.09. The molecule has 0 atom stereocenters. The zero-order valence-corrected chi connectivity index (χ0v) is 17.1. The third-order valence-electron chi connectivity index (χ3n) is 4.23. The van der Waals surface area contributed by atoms with Crippen molar-refractivity contribution < 1.29 is 13.9 Å². The number of hydrogen-bond acceptors (Lipinski definition) is 6. The third kappa shape index (κ3) is 4.97. The number of rotatable bonds is 8. The average Bonchev–Trinajstić information content (AvgIpc) is 2.62. The summed E-state index contributed by atoms with van der Waals surface area (Å²) in [5.41, 5.74) is 1.52. The monoisotopic (exact) mass is 386 g/mol. The molecule has 0 saturated heterocycles. The second-order valence-corrected chi connectivity index (χ2v) is 7.46. The maximum Gasteiger partial charge on any atom is 0.136 e. The van der Waals surface area contributed by atoms with Gasteiger partial charge in [-0.2, -0.15) is 0 Å². The highest BCUT2D eigenvalue weighted by Crippen LogP contribution is 2.30. The van der Waals surface area contributed by atoms with E-state index in [1.165, 1.54) is 0 Å². The van der Waals surface area contributed by atoms with Crippen molar-refractivity contribution in [1.29, 1.82) is 0 Å². The second-order valence-electron chi connectivity index (χ2n) is 7.05. The van der Waals surface area contributed by atoms with Crippen LogP contribution in [0.2, 0.25) is 0 Å². The van der Waals surface area contributed by atoms with E-state index >= 15 is 0 Å². The van der Waals surface area contributed by atoms with E-state index < -0.39 is 0 Å². The van der Waals surface area contributed by atoms with Crippen LogP contribution in [0.3, 0.4) is 0 Å². The van der Waals surface area contributed by atoms with Crippen molar-refractivity contribution in [3.8, 4) is 11.5 Å². The van der Waals surface area contributed by atoms with Crippen LogP contribution in [0.4, 0.5) is 0 Å². The Morgan fingerprint density at radius 1 is 0.778 bits per heavy atom. The summed E-state index contributed by atoms with van der Waals surface area (Å²) in [6, 6.07) is 11.6. The van der Waals surface area contributed by atoms with Gasteiger partial charge in [-0.1, -0.05) is 12.2 Å². The molecule has 0 amide bonds. The zero-order valence-electron chi connectivity index (χ0n) is 16.3. The Morgan fingerprint density at radius 3 is 1.63 bits per heavy atom. The molecule has 0 radical (unpaired) electrons. The summed E-state index contributed by atoms with van der Waals surface area (Å²) < 4.78 is 18.4. The van der Waals surface area contributed by atoms with E-state index in [-0.39, 0.29) is 0 Å². The van der Waals surface area contributed by atoms with Crippen molar-refractivity contribution in [2.24, 2.45) is 0 Å². The first-order valence-corrected chi connectivity index (χ1v) is 9.40. The number of likely N-dealkylation sites (N-methyl/N-ethyl adjacent to an activating group) is 2. The standard InChI is InChI=1S/C21H26N2O3S/c1-22(2)9-11-24-15-5-7-19-17(13-15)21(27)18-14-16(6-8-20(18)26-19)25-12-10-23(3)4/h5-8,13-14H,9-12H2,1-4H3. The molecule has 0 unspecified atom stereocenters. The van der Waals surface area contributed by atoms with E-state index in [1.807, 2.05) is 64.6 Å². The molecule has 1 heterocycles. The van der Waals surface area contributed by atoms with Gasteiger partial charge in [-0.25, -0.2) is 0 Å². The maximum atomic E-state index is 6.03. The van der Waals surface area contributed by atoms with Gasteiger partial charge in [0.15, 0.2) is 0 Å². The van der Waals surface area contributed by atoms with Crippen LogP contribution in [0.1, 0.15) is 0 Å². The van der Waals surface area contributed by atoms with Gasteiger partial charge in [-0.05, 0) is 64.6 Å². The van der Waals surface area contributed by atoms with Gasteiger partial charge in [0.1, 0.15) is 35.9 Å². The normalized spacial score (nSPS) is 11.6. The molecular formula is C21H26N2O3S. The van der Waals surface area contributed by atoms with Crippen molar-refractivity contribution >= 4 is 34.2 Å². The van der Waals surface area contributed by atoms with E-state index in [1.54, 1.807) is 0 Å². The summed E-state index contributed by atoms with van der Waals surface area (Å²) in [6.07, 6.45) is 0. The lowest BCUT2D eigenvalue weighted by Gasteiger charge is -2.12. The fraction of sp³-hybridized carbons (Fsp3) is 0.381. The van der Waals surface area contributed by atoms with E-state index in [0.29, 0.717) is 13.2 Å². The van der Waals surface area contributed by atoms with Crippen molar-refractivity contribution in [3.63, 3.8) is 0 Å². The first kappa shape index (κ1) is 19.6. The lowest BCUT2D eigenvalue weighted by atomic mass is 10.1. The van der Waals surface area contributed by atoms with Gasteiger partial charge in [-0.3, -0.25) is 0 Å². The predicted octanol–water partition coefficient (Wildman–Crippen LogP) is 4.20. The molecule has 0 aliphatic rings. The van der Waals surface area contributed by atoms with E-state index in [2.05, 4.69) is 9.80 Å². The van der Waals surface area contributed by atoms with Gasteiger partial charge < -0.3 is 23.7 Å². The summed E-state index contributed by atoms with van der Waals surface area (Å²) in [6.45, 7) is 2.96. The highest BCUT2D eigenvalue weighted by Gasteiger charge is 2.08. The molecule has 1 aromatic heterocycles. The zero-order chi connectivity index (χ0) is 19.4. The van der Waals surface area contributed by atoms with Crippen molar-refractivity contribution in [3.05, 3.63) is 40.9 Å². The molecule has 0 aliphatic carbocycles. The largest absolute Gasteiger partial charge is 0.492 e. The molecule has 3 rings (SSSR count). The SMILES string of the molecule is CN(C)CCOc1ccc2oc3ccc(OCCN(C)C)cc3c(=S)c2c1. The van der Waals surface area contributed by atoms with Gasteiger partial charge in [0.25, 0.3) is 0 Å². The first-order chi connectivity index (χ1) is 12.9. The Morgan fingerprint density at radius 2 is 1.22 bits per heavy atom. The minimum Gasteiger partial charge on any atom is -0.492 e. The van der Waals surface area contributed by atoms with Crippen LogP contribution >= 0.6 is 12.2 Å². The quantitative estimate of drug-likeness (QED) is 0.427. The van der Waals surface area contributed by atoms with Crippen LogP contribution in [-0.4, -0.2) is 64.3 Å². The minimum atomic E-state index is 0.625. The number of hydrogen-bond donors (Lipinski definition) is 0. The van der Waals surface area contributed by atoms with E-state index in [4.69, 9.17) is 26.1 Å². The minimum absolute atomic E-state index is 0.625. The second kappa shape index (κ2) is 8.69. The molecule has 0 fully saturated rings. The van der Waals surface area contributed by atoms with Gasteiger partial charge in [0.2, 0.25) is 0 Å². The Labute approximate surface area is 165 Å². The number of benzene rings is 2. The average molecular weight is 387 g/mol. The molecule has 0 spiro atoms. The molecule has 0 N–H and O–H groups in total. The Balaban J connectivity index is 1.90. The van der Waals surface area contributed by atoms with E-state index in [0.717, 1.165) is 51.0 Å². The Kier molecular flexibility index (Phi) is 6.31. The van der Waals surface area contributed by atoms with Crippen LogP contribution < -0.4 is 9.47 Å². The molecule has 27 heavy (non-hydrogen) atoms. The van der Waals surface area contributed by atoms with E-state index in [9.17, 15) is 0 Å². The highest BCUT2D eigenvalue weighted by atomic mass is 32.1. The summed E-state index contributed by atoms with van der Waals surface area (Å²) in [4.78, 5) is 4.17. The summed E-state index contributed by atoms with van der Waals surface area (Å²) in [5.74, 6) is 1.59. The first-order valence-electron chi connectivity index (χ1n) is 9.00. The predicted molar refractivity (Wildman–Crippen MR) is 113 cm³/mol. The Hall–Kier alpha value is -2.15. The van der Waals surface area contributed by atoms with Gasteiger partial charge in [0.05, 0.1) is 4.51 Å².